The third-order valence-electron chi connectivity index (χ3n) is 2.35. The van der Waals surface area contributed by atoms with Crippen LogP contribution in [0, 0.1) is 5.92 Å². The third-order valence-corrected chi connectivity index (χ3v) is 2.35. The van der Waals surface area contributed by atoms with Crippen molar-refractivity contribution >= 4 is 11.9 Å². The topological polar surface area (TPSA) is 123 Å². The number of carbonyl (C=O) groups is 2. The molecule has 1 heterocycles. The molecular weight excluding hydrogens is 238 g/mol. The fourth-order valence-electron chi connectivity index (χ4n) is 1.23. The number of hydrogen-bond acceptors (Lipinski definition) is 5. The first-order chi connectivity index (χ1) is 8.40. The lowest BCUT2D eigenvalue weighted by molar-refractivity contribution is -0.138. The molecule has 0 aromatic carbocycles. The van der Waals surface area contributed by atoms with Crippen LogP contribution in [0.2, 0.25) is 0 Å². The van der Waals surface area contributed by atoms with Crippen molar-refractivity contribution in [1.29, 1.82) is 0 Å². The molecule has 1 amide bonds. The summed E-state index contributed by atoms with van der Waals surface area (Å²) in [5.41, 5.74) is 6.15. The van der Waals surface area contributed by atoms with E-state index in [0.717, 1.165) is 0 Å². The Labute approximate surface area is 104 Å². The Hall–Kier alpha value is -1.96. The van der Waals surface area contributed by atoms with Crippen molar-refractivity contribution in [3.8, 4) is 0 Å². The van der Waals surface area contributed by atoms with Gasteiger partial charge in [-0.2, -0.15) is 0 Å². The summed E-state index contributed by atoms with van der Waals surface area (Å²) >= 11 is 0. The van der Waals surface area contributed by atoms with Gasteiger partial charge in [-0.1, -0.05) is 19.1 Å². The molecule has 1 aromatic heterocycles. The van der Waals surface area contributed by atoms with E-state index in [1.54, 1.807) is 0 Å². The van der Waals surface area contributed by atoms with Crippen LogP contribution in [0.5, 0.6) is 0 Å². The molecule has 0 fully saturated rings. The number of nitrogens with two attached hydrogens (primary N) is 1. The predicted octanol–water partition coefficient (Wildman–Crippen LogP) is -1.04. The van der Waals surface area contributed by atoms with E-state index in [9.17, 15) is 9.59 Å². The zero-order valence-corrected chi connectivity index (χ0v) is 10.3. The van der Waals surface area contributed by atoms with Gasteiger partial charge in [0, 0.05) is 0 Å². The summed E-state index contributed by atoms with van der Waals surface area (Å²) in [7, 11) is 0. The van der Waals surface area contributed by atoms with E-state index in [1.165, 1.54) is 10.9 Å². The third kappa shape index (κ3) is 4.13. The molecule has 0 aliphatic heterocycles. The highest BCUT2D eigenvalue weighted by molar-refractivity contribution is 5.81. The fourth-order valence-corrected chi connectivity index (χ4v) is 1.23. The van der Waals surface area contributed by atoms with Crippen LogP contribution in [-0.4, -0.2) is 38.0 Å². The maximum atomic E-state index is 11.6. The van der Waals surface area contributed by atoms with Crippen molar-refractivity contribution in [3.63, 3.8) is 0 Å². The number of aliphatic carboxylic acids is 1. The molecule has 8 nitrogen and oxygen atoms in total. The summed E-state index contributed by atoms with van der Waals surface area (Å²) in [6.07, 6.45) is 1.47. The van der Waals surface area contributed by atoms with E-state index >= 15 is 0 Å². The maximum Gasteiger partial charge on any atom is 0.325 e. The fraction of sp³-hybridized carbons (Fsp3) is 0.600. The normalized spacial score (nSPS) is 12.4. The number of carboxylic acids is 1. The van der Waals surface area contributed by atoms with Crippen molar-refractivity contribution < 1.29 is 14.7 Å². The Balaban J connectivity index is 2.46. The highest BCUT2D eigenvalue weighted by Gasteiger charge is 2.17. The highest BCUT2D eigenvalue weighted by atomic mass is 16.4. The van der Waals surface area contributed by atoms with Gasteiger partial charge < -0.3 is 16.2 Å². The van der Waals surface area contributed by atoms with Crippen LogP contribution >= 0.6 is 0 Å². The maximum absolute atomic E-state index is 11.6. The second-order valence-electron chi connectivity index (χ2n) is 4.29. The van der Waals surface area contributed by atoms with Crippen molar-refractivity contribution in [2.45, 2.75) is 33.0 Å². The monoisotopic (exact) mass is 255 g/mol. The summed E-state index contributed by atoms with van der Waals surface area (Å²) in [4.78, 5) is 22.0. The van der Waals surface area contributed by atoms with Crippen molar-refractivity contribution in [3.05, 3.63) is 11.9 Å². The van der Waals surface area contributed by atoms with E-state index in [-0.39, 0.29) is 24.9 Å². The molecule has 100 valence electrons. The second kappa shape index (κ2) is 6.10. The van der Waals surface area contributed by atoms with E-state index in [4.69, 9.17) is 10.8 Å². The number of nitrogens with zero attached hydrogens (tertiary/aromatic N) is 3. The molecule has 0 saturated carbocycles. The number of carboxylic acid groups (broad SMARTS) is 1. The predicted molar refractivity (Wildman–Crippen MR) is 62.3 cm³/mol. The average molecular weight is 255 g/mol. The summed E-state index contributed by atoms with van der Waals surface area (Å²) in [5, 5.41) is 18.5. The number of rotatable bonds is 6. The lowest BCUT2D eigenvalue weighted by Gasteiger charge is -2.14. The first-order valence-corrected chi connectivity index (χ1v) is 5.54. The van der Waals surface area contributed by atoms with Gasteiger partial charge in [0.2, 0.25) is 5.91 Å². The van der Waals surface area contributed by atoms with Crippen molar-refractivity contribution in [2.75, 3.05) is 0 Å². The average Bonchev–Trinajstić information content (AvgIpc) is 2.71. The first kappa shape index (κ1) is 14.1. The van der Waals surface area contributed by atoms with Gasteiger partial charge in [0.25, 0.3) is 0 Å². The molecule has 1 atom stereocenters. The van der Waals surface area contributed by atoms with E-state index < -0.39 is 12.0 Å². The van der Waals surface area contributed by atoms with E-state index in [2.05, 4.69) is 15.6 Å². The molecule has 1 unspecified atom stereocenters. The molecule has 8 heteroatoms. The molecule has 1 aromatic rings. The number of hydrogen-bond donors (Lipinski definition) is 3. The van der Waals surface area contributed by atoms with Gasteiger partial charge in [-0.25, -0.2) is 4.68 Å². The van der Waals surface area contributed by atoms with Gasteiger partial charge in [0.1, 0.15) is 12.2 Å². The molecule has 0 bridgehead atoms. The van der Waals surface area contributed by atoms with Gasteiger partial charge >= 0.3 is 5.97 Å². The molecule has 18 heavy (non-hydrogen) atoms. The Morgan fingerprint density at radius 3 is 2.78 bits per heavy atom. The molecular formula is C10H17N5O3. The van der Waals surface area contributed by atoms with Gasteiger partial charge in [0.15, 0.2) is 0 Å². The number of amides is 1. The van der Waals surface area contributed by atoms with Crippen LogP contribution in [0.25, 0.3) is 0 Å². The Morgan fingerprint density at radius 2 is 2.22 bits per heavy atom. The molecule has 0 saturated heterocycles. The Kier molecular flexibility index (Phi) is 4.78. The molecule has 4 N–H and O–H groups in total. The molecule has 0 radical (unpaired) electrons. The second-order valence-corrected chi connectivity index (χ2v) is 4.29. The van der Waals surface area contributed by atoms with Crippen LogP contribution < -0.4 is 11.1 Å². The SMILES string of the molecule is CC(C)C(N)C(=O)NCc1cn(CC(=O)O)nn1. The number of carbonyl (C=O) groups excluding carboxylic acids is 1. The van der Waals surface area contributed by atoms with Crippen LogP contribution in [0.3, 0.4) is 0 Å². The molecule has 0 spiro atoms. The quantitative estimate of drug-likeness (QED) is 0.596. The van der Waals surface area contributed by atoms with Crippen molar-refractivity contribution in [2.24, 2.45) is 11.7 Å². The van der Waals surface area contributed by atoms with E-state index in [1.807, 2.05) is 13.8 Å². The van der Waals surface area contributed by atoms with Crippen LogP contribution in [0.15, 0.2) is 6.20 Å². The van der Waals surface area contributed by atoms with Crippen LogP contribution in [0.1, 0.15) is 19.5 Å². The number of nitrogens with one attached hydrogen (secondary N) is 1. The Morgan fingerprint density at radius 1 is 1.56 bits per heavy atom. The zero-order chi connectivity index (χ0) is 13.7. The minimum absolute atomic E-state index is 0.0488. The van der Waals surface area contributed by atoms with Crippen molar-refractivity contribution in [1.82, 2.24) is 20.3 Å². The van der Waals surface area contributed by atoms with Crippen LogP contribution in [-0.2, 0) is 22.7 Å². The van der Waals surface area contributed by atoms with Gasteiger partial charge in [-0.15, -0.1) is 5.10 Å². The first-order valence-electron chi connectivity index (χ1n) is 5.54. The summed E-state index contributed by atoms with van der Waals surface area (Å²) in [6, 6.07) is -0.570. The minimum atomic E-state index is -1.00. The van der Waals surface area contributed by atoms with E-state index in [0.29, 0.717) is 5.69 Å². The highest BCUT2D eigenvalue weighted by Crippen LogP contribution is 1.99. The van der Waals surface area contributed by atoms with Gasteiger partial charge in [-0.3, -0.25) is 9.59 Å². The zero-order valence-electron chi connectivity index (χ0n) is 10.3. The molecule has 0 aliphatic carbocycles. The summed E-state index contributed by atoms with van der Waals surface area (Å²) < 4.78 is 1.19. The number of aromatic nitrogens is 3. The minimum Gasteiger partial charge on any atom is -0.480 e. The van der Waals surface area contributed by atoms with Gasteiger partial charge in [-0.05, 0) is 5.92 Å². The molecule has 0 aliphatic rings. The smallest absolute Gasteiger partial charge is 0.325 e. The lowest BCUT2D eigenvalue weighted by atomic mass is 10.1. The molecule has 1 rings (SSSR count). The van der Waals surface area contributed by atoms with Gasteiger partial charge in [0.05, 0.1) is 18.8 Å². The standard InChI is InChI=1S/C10H17N5O3/c1-6(2)9(11)10(18)12-3-7-4-15(14-13-7)5-8(16)17/h4,6,9H,3,5,11H2,1-2H3,(H,12,18)(H,16,17). The lowest BCUT2D eigenvalue weighted by Crippen LogP contribution is -2.43. The summed E-state index contributed by atoms with van der Waals surface area (Å²) in [6.45, 7) is 3.63. The summed E-state index contributed by atoms with van der Waals surface area (Å²) in [5.74, 6) is -1.22. The van der Waals surface area contributed by atoms with Crippen LogP contribution in [0.4, 0.5) is 0 Å². The largest absolute Gasteiger partial charge is 0.480 e. The Bertz CT molecular complexity index is 429.